The smallest absolute Gasteiger partial charge is 0.422 e. The molecule has 0 amide bonds. The molecule has 2 unspecified atom stereocenters. The number of halogens is 5. The van der Waals surface area contributed by atoms with Crippen molar-refractivity contribution in [3.63, 3.8) is 0 Å². The maximum Gasteiger partial charge on any atom is 0.422 e. The lowest BCUT2D eigenvalue weighted by molar-refractivity contribution is -0.274. The fourth-order valence-electron chi connectivity index (χ4n) is 3.74. The quantitative estimate of drug-likeness (QED) is 0.342. The fourth-order valence-corrected chi connectivity index (χ4v) is 4.28. The lowest BCUT2D eigenvalue weighted by atomic mass is 9.78. The molecule has 1 N–H and O–H groups in total. The van der Waals surface area contributed by atoms with Crippen LogP contribution in [0.4, 0.5) is 13.2 Å². The first kappa shape index (κ1) is 26.8. The van der Waals surface area contributed by atoms with E-state index in [-0.39, 0.29) is 33.7 Å². The summed E-state index contributed by atoms with van der Waals surface area (Å²) in [4.78, 5) is 16.0. The first-order chi connectivity index (χ1) is 16.4. The number of pyridine rings is 1. The van der Waals surface area contributed by atoms with Crippen LogP contribution in [-0.4, -0.2) is 36.0 Å². The Morgan fingerprint density at radius 1 is 1.06 bits per heavy atom. The number of nitrogens with zero attached hydrogens (tertiary/aromatic N) is 1. The van der Waals surface area contributed by atoms with E-state index in [9.17, 15) is 23.1 Å². The highest BCUT2D eigenvalue weighted by atomic mass is 35.5. The monoisotopic (exact) mass is 527 g/mol. The van der Waals surface area contributed by atoms with Crippen molar-refractivity contribution in [2.45, 2.75) is 31.5 Å². The molecule has 5 nitrogen and oxygen atoms in total. The number of carbonyl (C=O) groups is 1. The molecule has 0 saturated carbocycles. The maximum absolute atomic E-state index is 14.2. The summed E-state index contributed by atoms with van der Waals surface area (Å²) in [5, 5.41) is 11.2. The van der Waals surface area contributed by atoms with Crippen molar-refractivity contribution in [1.82, 2.24) is 4.98 Å². The third-order valence-corrected chi connectivity index (χ3v) is 6.36. The average molecular weight is 528 g/mol. The minimum Gasteiger partial charge on any atom is -0.481 e. The van der Waals surface area contributed by atoms with Crippen LogP contribution in [0.5, 0.6) is 5.88 Å². The Balaban J connectivity index is 2.03. The summed E-state index contributed by atoms with van der Waals surface area (Å²) in [5.74, 6) is -1.97. The molecule has 3 rings (SSSR count). The largest absolute Gasteiger partial charge is 0.481 e. The molecule has 1 heterocycles. The van der Waals surface area contributed by atoms with Gasteiger partial charge in [0.25, 0.3) is 0 Å². The molecule has 3 aromatic rings. The van der Waals surface area contributed by atoms with Gasteiger partial charge in [0.05, 0.1) is 24.3 Å². The van der Waals surface area contributed by atoms with Crippen LogP contribution >= 0.6 is 23.2 Å². The van der Waals surface area contributed by atoms with E-state index < -0.39 is 29.2 Å². The lowest BCUT2D eigenvalue weighted by Gasteiger charge is -2.36. The van der Waals surface area contributed by atoms with E-state index in [2.05, 4.69) is 4.98 Å². The third-order valence-electron chi connectivity index (χ3n) is 5.71. The molecular formula is C25H22Cl2F3NO4. The molecule has 2 atom stereocenters. The highest BCUT2D eigenvalue weighted by molar-refractivity contribution is 6.33. The topological polar surface area (TPSA) is 68.7 Å². The molecule has 0 fully saturated rings. The summed E-state index contributed by atoms with van der Waals surface area (Å²) in [7, 11) is 1.33. The number of hydrogen-bond acceptors (Lipinski definition) is 5. The minimum absolute atomic E-state index is 0.00628. The number of aromatic nitrogens is 1. The number of ether oxygens (including phenoxy) is 2. The molecule has 0 radical (unpaired) electrons. The van der Waals surface area contributed by atoms with Crippen LogP contribution in [0.3, 0.4) is 0 Å². The molecule has 2 aromatic carbocycles. The number of carbonyl (C=O) groups excluding carboxylic acids is 1. The normalized spacial score (nSPS) is 14.2. The number of benzene rings is 2. The van der Waals surface area contributed by atoms with Crippen LogP contribution in [0.2, 0.25) is 10.0 Å². The maximum atomic E-state index is 14.2. The van der Waals surface area contributed by atoms with E-state index in [1.165, 1.54) is 44.4 Å². The number of rotatable bonds is 7. The molecule has 1 aromatic heterocycles. The summed E-state index contributed by atoms with van der Waals surface area (Å²) in [6, 6.07) is 11.5. The fraction of sp³-hybridized carbons (Fsp3) is 0.280. The highest BCUT2D eigenvalue weighted by Crippen LogP contribution is 2.50. The Labute approximate surface area is 210 Å². The predicted molar refractivity (Wildman–Crippen MR) is 127 cm³/mol. The summed E-state index contributed by atoms with van der Waals surface area (Å²) in [6.45, 7) is 3.07. The van der Waals surface area contributed by atoms with Gasteiger partial charge in [0.2, 0.25) is 5.88 Å². The minimum atomic E-state index is -5.03. The predicted octanol–water partition coefficient (Wildman–Crippen LogP) is 6.79. The SMILES string of the molecule is CCOC(=O)c1cc(-c2ccc(C(C)C(O)(c3ccc(OC)nc3)C(F)(F)F)c(Cl)c2)ccc1Cl. The van der Waals surface area contributed by atoms with E-state index in [0.717, 1.165) is 12.3 Å². The number of methoxy groups -OCH3 is 1. The van der Waals surface area contributed by atoms with E-state index in [1.807, 2.05) is 0 Å². The molecule has 35 heavy (non-hydrogen) atoms. The zero-order valence-corrected chi connectivity index (χ0v) is 20.5. The van der Waals surface area contributed by atoms with Gasteiger partial charge in [0.15, 0.2) is 5.60 Å². The van der Waals surface area contributed by atoms with Crippen molar-refractivity contribution in [1.29, 1.82) is 0 Å². The zero-order valence-electron chi connectivity index (χ0n) is 19.0. The van der Waals surface area contributed by atoms with Gasteiger partial charge in [-0.1, -0.05) is 48.3 Å². The summed E-state index contributed by atoms with van der Waals surface area (Å²) in [5.41, 5.74) is -2.40. The van der Waals surface area contributed by atoms with E-state index in [1.54, 1.807) is 19.1 Å². The van der Waals surface area contributed by atoms with Crippen molar-refractivity contribution in [3.05, 3.63) is 81.5 Å². The standard InChI is InChI=1S/C25H22Cl2F3NO4/c1-4-35-23(32)19-11-15(6-9-20(19)26)16-5-8-18(21(27)12-16)14(2)24(33,25(28,29)30)17-7-10-22(34-3)31-13-17/h5-14,33H,4H2,1-3H3. The Kier molecular flexibility index (Phi) is 7.99. The van der Waals surface area contributed by atoms with Crippen LogP contribution in [0.25, 0.3) is 11.1 Å². The Morgan fingerprint density at radius 2 is 1.71 bits per heavy atom. The third kappa shape index (κ3) is 5.24. The van der Waals surface area contributed by atoms with E-state index in [4.69, 9.17) is 32.7 Å². The van der Waals surface area contributed by atoms with Crippen LogP contribution in [0.1, 0.15) is 41.3 Å². The summed E-state index contributed by atoms with van der Waals surface area (Å²) < 4.78 is 52.5. The summed E-state index contributed by atoms with van der Waals surface area (Å²) in [6.07, 6.45) is -4.11. The second-order valence-electron chi connectivity index (χ2n) is 7.73. The van der Waals surface area contributed by atoms with Gasteiger partial charge >= 0.3 is 12.1 Å². The molecule has 0 bridgehead atoms. The molecule has 0 spiro atoms. The van der Waals surface area contributed by atoms with Crippen molar-refractivity contribution in [3.8, 4) is 17.0 Å². The highest BCUT2D eigenvalue weighted by Gasteiger charge is 2.59. The van der Waals surface area contributed by atoms with Gasteiger partial charge in [-0.05, 0) is 47.9 Å². The summed E-state index contributed by atoms with van der Waals surface area (Å²) >= 11 is 12.5. The van der Waals surface area contributed by atoms with Gasteiger partial charge in [-0.25, -0.2) is 9.78 Å². The van der Waals surface area contributed by atoms with E-state index in [0.29, 0.717) is 11.1 Å². The van der Waals surface area contributed by atoms with E-state index >= 15 is 0 Å². The van der Waals surface area contributed by atoms with Crippen molar-refractivity contribution < 1.29 is 32.5 Å². The Morgan fingerprint density at radius 3 is 2.26 bits per heavy atom. The lowest BCUT2D eigenvalue weighted by Crippen LogP contribution is -2.46. The van der Waals surface area contributed by atoms with Crippen LogP contribution in [0.15, 0.2) is 54.7 Å². The zero-order chi connectivity index (χ0) is 26.0. The van der Waals surface area contributed by atoms with Gasteiger partial charge in [-0.3, -0.25) is 0 Å². The van der Waals surface area contributed by atoms with Crippen molar-refractivity contribution >= 4 is 29.2 Å². The first-order valence-electron chi connectivity index (χ1n) is 10.5. The second kappa shape index (κ2) is 10.4. The van der Waals surface area contributed by atoms with Crippen LogP contribution in [0, 0.1) is 0 Å². The Hall–Kier alpha value is -2.81. The number of aliphatic hydroxyl groups is 1. The molecule has 0 saturated heterocycles. The van der Waals surface area contributed by atoms with Gasteiger partial charge < -0.3 is 14.6 Å². The average Bonchev–Trinajstić information content (AvgIpc) is 2.82. The molecular weight excluding hydrogens is 506 g/mol. The van der Waals surface area contributed by atoms with Crippen molar-refractivity contribution in [2.24, 2.45) is 0 Å². The molecule has 0 aliphatic rings. The van der Waals surface area contributed by atoms with Crippen LogP contribution in [-0.2, 0) is 10.3 Å². The van der Waals surface area contributed by atoms with Gasteiger partial charge in [-0.15, -0.1) is 0 Å². The molecule has 0 aliphatic heterocycles. The van der Waals surface area contributed by atoms with Gasteiger partial charge in [0.1, 0.15) is 0 Å². The molecule has 186 valence electrons. The van der Waals surface area contributed by atoms with Crippen LogP contribution < -0.4 is 4.74 Å². The number of esters is 1. The number of alkyl halides is 3. The van der Waals surface area contributed by atoms with Gasteiger partial charge in [-0.2, -0.15) is 13.2 Å². The second-order valence-corrected chi connectivity index (χ2v) is 8.54. The molecule has 10 heteroatoms. The number of hydrogen-bond donors (Lipinski definition) is 1. The van der Waals surface area contributed by atoms with Crippen molar-refractivity contribution in [2.75, 3.05) is 13.7 Å². The Bertz CT molecular complexity index is 1220. The molecule has 0 aliphatic carbocycles. The van der Waals surface area contributed by atoms with Gasteiger partial charge in [0, 0.05) is 28.8 Å². The first-order valence-corrected chi connectivity index (χ1v) is 11.3.